The third kappa shape index (κ3) is 5.59. The molecule has 0 saturated carbocycles. The van der Waals surface area contributed by atoms with Gasteiger partial charge in [-0.25, -0.2) is 9.69 Å². The van der Waals surface area contributed by atoms with Crippen LogP contribution in [0.5, 0.6) is 5.75 Å². The van der Waals surface area contributed by atoms with E-state index >= 15 is 0 Å². The highest BCUT2D eigenvalue weighted by Gasteiger charge is 2.38. The SMILES string of the molecule is C[C@@H](CC(=O)N1C(=O)OC[C@@H]1Cc1ccccc1)c1ccc(OC(C)(C)C)cc1. The predicted octanol–water partition coefficient (Wildman–Crippen LogP) is 4.95. The van der Waals surface area contributed by atoms with E-state index < -0.39 is 6.09 Å². The van der Waals surface area contributed by atoms with Gasteiger partial charge in [0.2, 0.25) is 5.91 Å². The lowest BCUT2D eigenvalue weighted by atomic mass is 9.96. The number of rotatable bonds is 6. The van der Waals surface area contributed by atoms with Crippen molar-refractivity contribution in [2.24, 2.45) is 0 Å². The smallest absolute Gasteiger partial charge is 0.416 e. The van der Waals surface area contributed by atoms with Gasteiger partial charge in [-0.05, 0) is 56.4 Å². The van der Waals surface area contributed by atoms with Crippen LogP contribution >= 0.6 is 0 Å². The van der Waals surface area contributed by atoms with Crippen molar-refractivity contribution in [3.05, 3.63) is 65.7 Å². The van der Waals surface area contributed by atoms with Crippen LogP contribution in [0.4, 0.5) is 4.79 Å². The number of hydrogen-bond acceptors (Lipinski definition) is 4. The maximum Gasteiger partial charge on any atom is 0.416 e. The van der Waals surface area contributed by atoms with E-state index in [1.54, 1.807) is 0 Å². The molecule has 1 saturated heterocycles. The van der Waals surface area contributed by atoms with Crippen LogP contribution in [0.25, 0.3) is 0 Å². The highest BCUT2D eigenvalue weighted by Crippen LogP contribution is 2.26. The van der Waals surface area contributed by atoms with Gasteiger partial charge in [-0.2, -0.15) is 0 Å². The first-order valence-corrected chi connectivity index (χ1v) is 10.0. The molecule has 2 aromatic carbocycles. The van der Waals surface area contributed by atoms with E-state index in [9.17, 15) is 9.59 Å². The Hall–Kier alpha value is -2.82. The minimum Gasteiger partial charge on any atom is -0.488 e. The van der Waals surface area contributed by atoms with Crippen molar-refractivity contribution < 1.29 is 19.1 Å². The minimum absolute atomic E-state index is 0.0167. The van der Waals surface area contributed by atoms with Crippen LogP contribution in [0, 0.1) is 0 Å². The predicted molar refractivity (Wildman–Crippen MR) is 112 cm³/mol. The molecule has 0 N–H and O–H groups in total. The number of nitrogens with zero attached hydrogens (tertiary/aromatic N) is 1. The van der Waals surface area contributed by atoms with Gasteiger partial charge in [-0.3, -0.25) is 4.79 Å². The van der Waals surface area contributed by atoms with Gasteiger partial charge in [-0.15, -0.1) is 0 Å². The van der Waals surface area contributed by atoms with Crippen molar-refractivity contribution in [1.82, 2.24) is 4.90 Å². The molecule has 0 bridgehead atoms. The van der Waals surface area contributed by atoms with E-state index in [0.29, 0.717) is 6.42 Å². The number of hydrogen-bond donors (Lipinski definition) is 0. The topological polar surface area (TPSA) is 55.8 Å². The number of carbonyl (C=O) groups is 2. The number of carbonyl (C=O) groups excluding carboxylic acids is 2. The second-order valence-corrected chi connectivity index (χ2v) is 8.57. The molecule has 0 spiro atoms. The molecular formula is C24H29NO4. The Bertz CT molecular complexity index is 839. The zero-order valence-electron chi connectivity index (χ0n) is 17.6. The van der Waals surface area contributed by atoms with Crippen molar-refractivity contribution in [1.29, 1.82) is 0 Å². The van der Waals surface area contributed by atoms with Crippen LogP contribution in [0.3, 0.4) is 0 Å². The summed E-state index contributed by atoms with van der Waals surface area (Å²) in [7, 11) is 0. The molecule has 1 fully saturated rings. The fourth-order valence-electron chi connectivity index (χ4n) is 3.50. The van der Waals surface area contributed by atoms with E-state index in [1.165, 1.54) is 4.90 Å². The molecule has 0 aliphatic carbocycles. The number of imide groups is 1. The molecular weight excluding hydrogens is 366 g/mol. The van der Waals surface area contributed by atoms with Crippen LogP contribution < -0.4 is 4.74 Å². The Kier molecular flexibility index (Phi) is 6.26. The molecule has 5 heteroatoms. The average molecular weight is 395 g/mol. The average Bonchev–Trinajstić information content (AvgIpc) is 3.02. The van der Waals surface area contributed by atoms with E-state index in [1.807, 2.05) is 82.3 Å². The van der Waals surface area contributed by atoms with E-state index in [4.69, 9.17) is 9.47 Å². The number of benzene rings is 2. The summed E-state index contributed by atoms with van der Waals surface area (Å²) in [6, 6.07) is 17.4. The molecule has 29 heavy (non-hydrogen) atoms. The van der Waals surface area contributed by atoms with Gasteiger partial charge in [-0.1, -0.05) is 49.4 Å². The van der Waals surface area contributed by atoms with E-state index in [-0.39, 0.29) is 36.5 Å². The highest BCUT2D eigenvalue weighted by atomic mass is 16.6. The Morgan fingerprint density at radius 3 is 2.41 bits per heavy atom. The monoisotopic (exact) mass is 395 g/mol. The molecule has 5 nitrogen and oxygen atoms in total. The van der Waals surface area contributed by atoms with Gasteiger partial charge in [0.1, 0.15) is 18.0 Å². The lowest BCUT2D eigenvalue weighted by Gasteiger charge is -2.23. The Labute approximate surface area is 172 Å². The summed E-state index contributed by atoms with van der Waals surface area (Å²) in [4.78, 5) is 26.4. The van der Waals surface area contributed by atoms with E-state index in [2.05, 4.69) is 0 Å². The first-order chi connectivity index (χ1) is 13.7. The summed E-state index contributed by atoms with van der Waals surface area (Å²) in [6.07, 6.45) is 0.308. The third-order valence-electron chi connectivity index (χ3n) is 4.90. The lowest BCUT2D eigenvalue weighted by Crippen LogP contribution is -2.40. The standard InChI is InChI=1S/C24H29NO4/c1-17(19-10-12-21(13-11-19)29-24(2,3)4)14-22(26)25-20(16-28-23(25)27)15-18-8-6-5-7-9-18/h5-13,17,20H,14-16H2,1-4H3/t17-,20-/m0/s1. The van der Waals surface area contributed by atoms with Gasteiger partial charge in [0.25, 0.3) is 0 Å². The second kappa shape index (κ2) is 8.68. The zero-order chi connectivity index (χ0) is 21.0. The van der Waals surface area contributed by atoms with Crippen molar-refractivity contribution in [2.45, 2.75) is 58.1 Å². The van der Waals surface area contributed by atoms with Crippen molar-refractivity contribution in [3.63, 3.8) is 0 Å². The van der Waals surface area contributed by atoms with Crippen molar-refractivity contribution >= 4 is 12.0 Å². The molecule has 2 atom stereocenters. The summed E-state index contributed by atoms with van der Waals surface area (Å²) in [6.45, 7) is 8.24. The van der Waals surface area contributed by atoms with Crippen LogP contribution in [0.15, 0.2) is 54.6 Å². The molecule has 1 heterocycles. The normalized spacial score (nSPS) is 17.7. The van der Waals surface area contributed by atoms with Gasteiger partial charge >= 0.3 is 6.09 Å². The quantitative estimate of drug-likeness (QED) is 0.695. The van der Waals surface area contributed by atoms with Crippen LogP contribution in [-0.2, 0) is 16.0 Å². The molecule has 1 aliphatic heterocycles. The molecule has 0 aromatic heterocycles. The third-order valence-corrected chi connectivity index (χ3v) is 4.90. The number of amides is 2. The zero-order valence-corrected chi connectivity index (χ0v) is 17.6. The number of ether oxygens (including phenoxy) is 2. The number of cyclic esters (lactones) is 1. The minimum atomic E-state index is -0.544. The Morgan fingerprint density at radius 1 is 1.14 bits per heavy atom. The van der Waals surface area contributed by atoms with Crippen molar-refractivity contribution in [2.75, 3.05) is 6.61 Å². The Balaban J connectivity index is 1.64. The lowest BCUT2D eigenvalue weighted by molar-refractivity contribution is -0.129. The molecule has 2 amide bonds. The van der Waals surface area contributed by atoms with Gasteiger partial charge in [0, 0.05) is 6.42 Å². The fourth-order valence-corrected chi connectivity index (χ4v) is 3.50. The largest absolute Gasteiger partial charge is 0.488 e. The first kappa shape index (κ1) is 20.9. The highest BCUT2D eigenvalue weighted by molar-refractivity contribution is 5.93. The van der Waals surface area contributed by atoms with Crippen LogP contribution in [0.2, 0.25) is 0 Å². The van der Waals surface area contributed by atoms with Crippen LogP contribution in [-0.4, -0.2) is 35.2 Å². The fraction of sp³-hybridized carbons (Fsp3) is 0.417. The van der Waals surface area contributed by atoms with Gasteiger partial charge in [0.15, 0.2) is 0 Å². The summed E-state index contributed by atoms with van der Waals surface area (Å²) < 4.78 is 11.0. The van der Waals surface area contributed by atoms with Gasteiger partial charge < -0.3 is 9.47 Å². The molecule has 154 valence electrons. The van der Waals surface area contributed by atoms with Crippen molar-refractivity contribution in [3.8, 4) is 5.75 Å². The summed E-state index contributed by atoms with van der Waals surface area (Å²) in [5, 5.41) is 0. The summed E-state index contributed by atoms with van der Waals surface area (Å²) in [5.74, 6) is 0.582. The molecule has 0 unspecified atom stereocenters. The molecule has 0 radical (unpaired) electrons. The molecule has 1 aliphatic rings. The Morgan fingerprint density at radius 2 is 1.79 bits per heavy atom. The summed E-state index contributed by atoms with van der Waals surface area (Å²) in [5.41, 5.74) is 1.86. The maximum atomic E-state index is 12.9. The summed E-state index contributed by atoms with van der Waals surface area (Å²) >= 11 is 0. The van der Waals surface area contributed by atoms with Crippen LogP contribution in [0.1, 0.15) is 51.2 Å². The maximum absolute atomic E-state index is 12.9. The molecule has 2 aromatic rings. The van der Waals surface area contributed by atoms with Gasteiger partial charge in [0.05, 0.1) is 6.04 Å². The second-order valence-electron chi connectivity index (χ2n) is 8.57. The first-order valence-electron chi connectivity index (χ1n) is 10.0. The van der Waals surface area contributed by atoms with E-state index in [0.717, 1.165) is 16.9 Å². The molecule has 3 rings (SSSR count).